The molecule has 0 saturated carbocycles. The summed E-state index contributed by atoms with van der Waals surface area (Å²) in [6, 6.07) is 11.1. The standard InChI is InChI=1S/C17H16F3NO3S/c1-24-16(23)14(22)15(25-13-5-3-2-4-12(13)21)10-6-8-11(9-7-10)17(18,19)20/h2-9,14-15,22H,21H2,1H3. The highest BCUT2D eigenvalue weighted by Crippen LogP contribution is 2.41. The Morgan fingerprint density at radius 1 is 1.16 bits per heavy atom. The van der Waals surface area contributed by atoms with Gasteiger partial charge in [-0.25, -0.2) is 4.79 Å². The van der Waals surface area contributed by atoms with E-state index in [0.717, 1.165) is 31.0 Å². The van der Waals surface area contributed by atoms with E-state index in [-0.39, 0.29) is 0 Å². The van der Waals surface area contributed by atoms with Crippen molar-refractivity contribution in [3.8, 4) is 0 Å². The molecular formula is C17H16F3NO3S. The van der Waals surface area contributed by atoms with Gasteiger partial charge in [0.05, 0.1) is 17.9 Å². The van der Waals surface area contributed by atoms with E-state index in [1.54, 1.807) is 24.3 Å². The lowest BCUT2D eigenvalue weighted by molar-refractivity contribution is -0.150. The number of para-hydroxylation sites is 1. The minimum absolute atomic E-state index is 0.346. The van der Waals surface area contributed by atoms with Gasteiger partial charge in [0.2, 0.25) is 0 Å². The van der Waals surface area contributed by atoms with Gasteiger partial charge in [-0.15, -0.1) is 11.8 Å². The number of hydrogen-bond donors (Lipinski definition) is 2. The number of aliphatic hydroxyl groups excluding tert-OH is 1. The van der Waals surface area contributed by atoms with E-state index in [0.29, 0.717) is 16.1 Å². The number of esters is 1. The molecule has 3 N–H and O–H groups in total. The second kappa shape index (κ2) is 7.79. The number of hydrogen-bond acceptors (Lipinski definition) is 5. The number of thioether (sulfide) groups is 1. The van der Waals surface area contributed by atoms with E-state index >= 15 is 0 Å². The van der Waals surface area contributed by atoms with E-state index in [4.69, 9.17) is 5.73 Å². The summed E-state index contributed by atoms with van der Waals surface area (Å²) in [4.78, 5) is 12.3. The molecule has 2 rings (SSSR count). The Balaban J connectivity index is 2.37. The van der Waals surface area contributed by atoms with Crippen molar-refractivity contribution in [2.75, 3.05) is 12.8 Å². The summed E-state index contributed by atoms with van der Waals surface area (Å²) in [7, 11) is 1.12. The summed E-state index contributed by atoms with van der Waals surface area (Å²) in [5, 5.41) is 9.38. The van der Waals surface area contributed by atoms with Crippen LogP contribution in [-0.4, -0.2) is 24.3 Å². The quantitative estimate of drug-likeness (QED) is 0.477. The van der Waals surface area contributed by atoms with Gasteiger partial charge >= 0.3 is 12.1 Å². The molecule has 25 heavy (non-hydrogen) atoms. The monoisotopic (exact) mass is 371 g/mol. The zero-order chi connectivity index (χ0) is 18.6. The zero-order valence-corrected chi connectivity index (χ0v) is 14.0. The summed E-state index contributed by atoms with van der Waals surface area (Å²) in [5.74, 6) is -0.882. The first kappa shape index (κ1) is 19.1. The molecule has 2 aromatic rings. The second-order valence-corrected chi connectivity index (χ2v) is 6.35. The number of ether oxygens (including phenoxy) is 1. The molecule has 0 saturated heterocycles. The van der Waals surface area contributed by atoms with E-state index in [1.807, 2.05) is 0 Å². The Kier molecular flexibility index (Phi) is 5.97. The summed E-state index contributed by atoms with van der Waals surface area (Å²) in [5.41, 5.74) is 5.83. The lowest BCUT2D eigenvalue weighted by atomic mass is 10.0. The molecule has 8 heteroatoms. The van der Waals surface area contributed by atoms with Crippen LogP contribution in [0.4, 0.5) is 18.9 Å². The molecule has 0 aromatic heterocycles. The number of carbonyl (C=O) groups is 1. The summed E-state index contributed by atoms with van der Waals surface area (Å²) < 4.78 is 42.7. The first-order chi connectivity index (χ1) is 11.7. The van der Waals surface area contributed by atoms with Crippen LogP contribution in [0.2, 0.25) is 0 Å². The van der Waals surface area contributed by atoms with Crippen LogP contribution in [0.5, 0.6) is 0 Å². The van der Waals surface area contributed by atoms with Gasteiger partial charge in [0, 0.05) is 10.6 Å². The van der Waals surface area contributed by atoms with E-state index < -0.39 is 29.1 Å². The van der Waals surface area contributed by atoms with Gasteiger partial charge in [0.1, 0.15) is 0 Å². The third-order valence-electron chi connectivity index (χ3n) is 3.47. The predicted molar refractivity (Wildman–Crippen MR) is 88.9 cm³/mol. The molecular weight excluding hydrogens is 355 g/mol. The maximum Gasteiger partial charge on any atom is 0.416 e. The number of aliphatic hydroxyl groups is 1. The van der Waals surface area contributed by atoms with Crippen LogP contribution in [-0.2, 0) is 15.7 Å². The minimum Gasteiger partial charge on any atom is -0.467 e. The van der Waals surface area contributed by atoms with Gasteiger partial charge < -0.3 is 15.6 Å². The van der Waals surface area contributed by atoms with Gasteiger partial charge in [-0.05, 0) is 29.8 Å². The van der Waals surface area contributed by atoms with Crippen molar-refractivity contribution in [3.05, 3.63) is 59.7 Å². The Bertz CT molecular complexity index is 735. The molecule has 4 nitrogen and oxygen atoms in total. The number of benzene rings is 2. The van der Waals surface area contributed by atoms with Crippen LogP contribution in [0.15, 0.2) is 53.4 Å². The summed E-state index contributed by atoms with van der Waals surface area (Å²) in [6.45, 7) is 0. The van der Waals surface area contributed by atoms with Crippen LogP contribution < -0.4 is 5.73 Å². The van der Waals surface area contributed by atoms with Gasteiger partial charge in [-0.2, -0.15) is 13.2 Å². The normalized spacial score (nSPS) is 14.0. The van der Waals surface area contributed by atoms with Crippen molar-refractivity contribution < 1.29 is 27.8 Å². The SMILES string of the molecule is COC(=O)C(O)C(Sc1ccccc1N)c1ccc(C(F)(F)F)cc1. The number of carbonyl (C=O) groups excluding carboxylic acids is 1. The van der Waals surface area contributed by atoms with Crippen LogP contribution in [0.25, 0.3) is 0 Å². The average Bonchev–Trinajstić information content (AvgIpc) is 2.59. The molecule has 0 bridgehead atoms. The Morgan fingerprint density at radius 2 is 1.76 bits per heavy atom. The molecule has 0 aliphatic carbocycles. The molecule has 0 aliphatic heterocycles. The second-order valence-electron chi connectivity index (χ2n) is 5.16. The smallest absolute Gasteiger partial charge is 0.416 e. The molecule has 134 valence electrons. The fourth-order valence-corrected chi connectivity index (χ4v) is 3.31. The zero-order valence-electron chi connectivity index (χ0n) is 13.2. The number of anilines is 1. The first-order valence-electron chi connectivity index (χ1n) is 7.18. The average molecular weight is 371 g/mol. The molecule has 0 heterocycles. The maximum absolute atomic E-state index is 12.7. The summed E-state index contributed by atoms with van der Waals surface area (Å²) >= 11 is 1.08. The van der Waals surface area contributed by atoms with Crippen LogP contribution in [0, 0.1) is 0 Å². The Morgan fingerprint density at radius 3 is 2.28 bits per heavy atom. The highest BCUT2D eigenvalue weighted by molar-refractivity contribution is 7.99. The lowest BCUT2D eigenvalue weighted by Crippen LogP contribution is -2.27. The summed E-state index contributed by atoms with van der Waals surface area (Å²) in [6.07, 6.45) is -6.03. The van der Waals surface area contributed by atoms with Crippen molar-refractivity contribution in [1.82, 2.24) is 0 Å². The predicted octanol–water partition coefficient (Wildman–Crippen LogP) is 3.65. The third kappa shape index (κ3) is 4.67. The number of nitrogens with two attached hydrogens (primary N) is 1. The first-order valence-corrected chi connectivity index (χ1v) is 8.06. The van der Waals surface area contributed by atoms with Crippen LogP contribution in [0.3, 0.4) is 0 Å². The van der Waals surface area contributed by atoms with E-state index in [9.17, 15) is 23.1 Å². The highest BCUT2D eigenvalue weighted by atomic mass is 32.2. The molecule has 0 radical (unpaired) electrons. The topological polar surface area (TPSA) is 72.5 Å². The number of rotatable bonds is 5. The van der Waals surface area contributed by atoms with Gasteiger partial charge in [-0.1, -0.05) is 24.3 Å². The molecule has 2 unspecified atom stereocenters. The van der Waals surface area contributed by atoms with Gasteiger partial charge in [0.25, 0.3) is 0 Å². The molecule has 0 spiro atoms. The van der Waals surface area contributed by atoms with Gasteiger partial charge in [-0.3, -0.25) is 0 Å². The largest absolute Gasteiger partial charge is 0.467 e. The van der Waals surface area contributed by atoms with E-state index in [1.165, 1.54) is 12.1 Å². The van der Waals surface area contributed by atoms with Gasteiger partial charge in [0.15, 0.2) is 6.10 Å². The maximum atomic E-state index is 12.7. The third-order valence-corrected chi connectivity index (χ3v) is 4.88. The number of methoxy groups -OCH3 is 1. The van der Waals surface area contributed by atoms with Crippen molar-refractivity contribution in [3.63, 3.8) is 0 Å². The molecule has 2 aromatic carbocycles. The van der Waals surface area contributed by atoms with Crippen molar-refractivity contribution in [2.45, 2.75) is 22.4 Å². The number of halogens is 3. The molecule has 0 fully saturated rings. The minimum atomic E-state index is -4.47. The Hall–Kier alpha value is -2.19. The molecule has 0 amide bonds. The highest BCUT2D eigenvalue weighted by Gasteiger charge is 2.33. The number of alkyl halides is 3. The fourth-order valence-electron chi connectivity index (χ4n) is 2.15. The van der Waals surface area contributed by atoms with Crippen molar-refractivity contribution in [1.29, 1.82) is 0 Å². The lowest BCUT2D eigenvalue weighted by Gasteiger charge is -2.22. The van der Waals surface area contributed by atoms with Crippen LogP contribution >= 0.6 is 11.8 Å². The van der Waals surface area contributed by atoms with Crippen molar-refractivity contribution in [2.24, 2.45) is 0 Å². The van der Waals surface area contributed by atoms with Crippen LogP contribution in [0.1, 0.15) is 16.4 Å². The van der Waals surface area contributed by atoms with E-state index in [2.05, 4.69) is 4.74 Å². The fraction of sp³-hybridized carbons (Fsp3) is 0.235. The molecule has 0 aliphatic rings. The Labute approximate surface area is 146 Å². The van der Waals surface area contributed by atoms with Crippen molar-refractivity contribution >= 4 is 23.4 Å². The number of nitrogen functional groups attached to an aromatic ring is 1. The molecule has 2 atom stereocenters.